The number of aromatic nitrogens is 1. The smallest absolute Gasteiger partial charge is 0.310 e. The SMILES string of the molecule is Cc1c(CC(=O)OC2CCC2)c2c(F)c(O)ccc2n1C(=O)c1ccc(F)c(F)c1. The van der Waals surface area contributed by atoms with E-state index in [2.05, 4.69) is 0 Å². The van der Waals surface area contributed by atoms with E-state index < -0.39 is 35.1 Å². The number of aromatic hydroxyl groups is 1. The summed E-state index contributed by atoms with van der Waals surface area (Å²) in [5, 5.41) is 9.73. The number of fused-ring (bicyclic) bond motifs is 1. The largest absolute Gasteiger partial charge is 0.505 e. The highest BCUT2D eigenvalue weighted by Crippen LogP contribution is 2.34. The van der Waals surface area contributed by atoms with E-state index in [9.17, 15) is 27.9 Å². The molecule has 8 heteroatoms. The molecule has 0 aliphatic heterocycles. The zero-order valence-corrected chi connectivity index (χ0v) is 16.0. The molecule has 2 aromatic carbocycles. The van der Waals surface area contributed by atoms with Gasteiger partial charge in [-0.05, 0) is 62.1 Å². The molecule has 0 saturated heterocycles. The van der Waals surface area contributed by atoms with Crippen LogP contribution in [0.4, 0.5) is 13.2 Å². The second-order valence-corrected chi connectivity index (χ2v) is 7.35. The fourth-order valence-electron chi connectivity index (χ4n) is 3.62. The van der Waals surface area contributed by atoms with Crippen LogP contribution in [0.3, 0.4) is 0 Å². The first-order valence-corrected chi connectivity index (χ1v) is 9.48. The number of hydrogen-bond donors (Lipinski definition) is 1. The van der Waals surface area contributed by atoms with Crippen molar-refractivity contribution < 1.29 is 32.6 Å². The van der Waals surface area contributed by atoms with Crippen molar-refractivity contribution in [1.29, 1.82) is 0 Å². The van der Waals surface area contributed by atoms with Crippen molar-refractivity contribution in [3.63, 3.8) is 0 Å². The number of rotatable bonds is 4. The third kappa shape index (κ3) is 3.32. The first kappa shape index (κ1) is 20.0. The molecule has 1 aromatic heterocycles. The van der Waals surface area contributed by atoms with Gasteiger partial charge in [-0.2, -0.15) is 0 Å². The summed E-state index contributed by atoms with van der Waals surface area (Å²) in [5.41, 5.74) is 0.392. The van der Waals surface area contributed by atoms with E-state index in [4.69, 9.17) is 4.74 Å². The summed E-state index contributed by atoms with van der Waals surface area (Å²) < 4.78 is 48.1. The maximum atomic E-state index is 14.8. The number of esters is 1. The topological polar surface area (TPSA) is 68.5 Å². The molecule has 1 fully saturated rings. The number of hydrogen-bond acceptors (Lipinski definition) is 4. The Bertz CT molecular complexity index is 1180. The minimum Gasteiger partial charge on any atom is -0.505 e. The highest BCUT2D eigenvalue weighted by Gasteiger charge is 2.27. The maximum absolute atomic E-state index is 14.8. The zero-order valence-electron chi connectivity index (χ0n) is 16.0. The van der Waals surface area contributed by atoms with Gasteiger partial charge in [0.1, 0.15) is 6.10 Å². The van der Waals surface area contributed by atoms with Crippen molar-refractivity contribution in [2.24, 2.45) is 0 Å². The van der Waals surface area contributed by atoms with E-state index >= 15 is 0 Å². The lowest BCUT2D eigenvalue weighted by atomic mass is 9.96. The van der Waals surface area contributed by atoms with Gasteiger partial charge in [0.25, 0.3) is 5.91 Å². The van der Waals surface area contributed by atoms with Crippen molar-refractivity contribution in [2.45, 2.75) is 38.7 Å². The summed E-state index contributed by atoms with van der Waals surface area (Å²) in [4.78, 5) is 25.4. The molecule has 30 heavy (non-hydrogen) atoms. The first-order chi connectivity index (χ1) is 14.3. The van der Waals surface area contributed by atoms with E-state index in [1.807, 2.05) is 0 Å². The molecular weight excluding hydrogens is 399 g/mol. The number of nitrogens with zero attached hydrogens (tertiary/aromatic N) is 1. The predicted molar refractivity (Wildman–Crippen MR) is 102 cm³/mol. The van der Waals surface area contributed by atoms with Gasteiger partial charge in [0.05, 0.1) is 11.9 Å². The quantitative estimate of drug-likeness (QED) is 0.639. The van der Waals surface area contributed by atoms with Gasteiger partial charge in [0, 0.05) is 16.6 Å². The molecule has 4 rings (SSSR count). The summed E-state index contributed by atoms with van der Waals surface area (Å²) >= 11 is 0. The zero-order chi connectivity index (χ0) is 21.6. The number of phenols is 1. The minimum atomic E-state index is -1.19. The molecule has 1 aliphatic rings. The lowest BCUT2D eigenvalue weighted by Crippen LogP contribution is -2.26. The van der Waals surface area contributed by atoms with Gasteiger partial charge < -0.3 is 9.84 Å². The average molecular weight is 417 g/mol. The number of phenolic OH excluding ortho intramolecular Hbond substituents is 1. The van der Waals surface area contributed by atoms with Gasteiger partial charge >= 0.3 is 5.97 Å². The molecule has 1 heterocycles. The highest BCUT2D eigenvalue weighted by atomic mass is 19.2. The van der Waals surface area contributed by atoms with Gasteiger partial charge in [0.2, 0.25) is 0 Å². The van der Waals surface area contributed by atoms with Gasteiger partial charge in [0.15, 0.2) is 23.2 Å². The van der Waals surface area contributed by atoms with Crippen LogP contribution in [-0.2, 0) is 16.0 Å². The number of carbonyl (C=O) groups excluding carboxylic acids is 2. The van der Waals surface area contributed by atoms with Crippen molar-refractivity contribution in [1.82, 2.24) is 4.57 Å². The molecule has 0 bridgehead atoms. The Balaban J connectivity index is 1.82. The fraction of sp³-hybridized carbons (Fsp3) is 0.273. The lowest BCUT2D eigenvalue weighted by molar-refractivity contribution is -0.152. The van der Waals surface area contributed by atoms with Gasteiger partial charge in [-0.3, -0.25) is 14.2 Å². The van der Waals surface area contributed by atoms with Crippen LogP contribution in [0.2, 0.25) is 0 Å². The Morgan fingerprint density at radius 2 is 1.87 bits per heavy atom. The number of benzene rings is 2. The Morgan fingerprint density at radius 1 is 1.13 bits per heavy atom. The molecule has 1 N–H and O–H groups in total. The summed E-state index contributed by atoms with van der Waals surface area (Å²) in [6.07, 6.45) is 2.07. The highest BCUT2D eigenvalue weighted by molar-refractivity contribution is 6.05. The van der Waals surface area contributed by atoms with Crippen molar-refractivity contribution >= 4 is 22.8 Å². The molecule has 5 nitrogen and oxygen atoms in total. The number of carbonyl (C=O) groups is 2. The monoisotopic (exact) mass is 417 g/mol. The summed E-state index contributed by atoms with van der Waals surface area (Å²) in [5.74, 6) is -5.18. The van der Waals surface area contributed by atoms with Crippen LogP contribution in [0.1, 0.15) is 40.9 Å². The molecule has 1 saturated carbocycles. The standard InChI is InChI=1S/C22H18F3NO4/c1-11-14(10-19(28)30-13-3-2-4-13)20-17(7-8-18(27)21(20)25)26(11)22(29)12-5-6-15(23)16(24)9-12/h5-9,13,27H,2-4,10H2,1H3. The third-order valence-electron chi connectivity index (χ3n) is 5.46. The van der Waals surface area contributed by atoms with Crippen LogP contribution in [0.5, 0.6) is 5.75 Å². The third-order valence-corrected chi connectivity index (χ3v) is 5.46. The van der Waals surface area contributed by atoms with Crippen LogP contribution in [0.15, 0.2) is 30.3 Å². The van der Waals surface area contributed by atoms with Crippen LogP contribution in [-0.4, -0.2) is 27.7 Å². The Morgan fingerprint density at radius 3 is 2.50 bits per heavy atom. The van der Waals surface area contributed by atoms with Crippen LogP contribution < -0.4 is 0 Å². The molecule has 0 unspecified atom stereocenters. The molecule has 156 valence electrons. The summed E-state index contributed by atoms with van der Waals surface area (Å²) in [6, 6.07) is 5.12. The molecule has 0 radical (unpaired) electrons. The van der Waals surface area contributed by atoms with Crippen LogP contribution in [0.25, 0.3) is 10.9 Å². The van der Waals surface area contributed by atoms with Crippen LogP contribution >= 0.6 is 0 Å². The molecular formula is C22H18F3NO4. The van der Waals surface area contributed by atoms with Crippen molar-refractivity contribution in [3.8, 4) is 5.75 Å². The van der Waals surface area contributed by atoms with E-state index in [0.29, 0.717) is 0 Å². The minimum absolute atomic E-state index is 0.0889. The Labute approximate surface area is 169 Å². The Hall–Kier alpha value is -3.29. The maximum Gasteiger partial charge on any atom is 0.310 e. The average Bonchev–Trinajstić information content (AvgIpc) is 2.95. The lowest BCUT2D eigenvalue weighted by Gasteiger charge is -2.25. The van der Waals surface area contributed by atoms with E-state index in [1.54, 1.807) is 0 Å². The molecule has 3 aromatic rings. The van der Waals surface area contributed by atoms with E-state index in [1.165, 1.54) is 13.0 Å². The summed E-state index contributed by atoms with van der Waals surface area (Å²) in [6.45, 7) is 1.51. The second kappa shape index (κ2) is 7.51. The number of halogens is 3. The van der Waals surface area contributed by atoms with Gasteiger partial charge in [-0.25, -0.2) is 13.2 Å². The fourth-order valence-corrected chi connectivity index (χ4v) is 3.62. The van der Waals surface area contributed by atoms with E-state index in [-0.39, 0.29) is 40.2 Å². The van der Waals surface area contributed by atoms with E-state index in [0.717, 1.165) is 48.1 Å². The second-order valence-electron chi connectivity index (χ2n) is 7.35. The Kier molecular flexibility index (Phi) is 5.01. The molecule has 1 aliphatic carbocycles. The van der Waals surface area contributed by atoms with Crippen molar-refractivity contribution in [3.05, 3.63) is 64.6 Å². The van der Waals surface area contributed by atoms with Gasteiger partial charge in [-0.1, -0.05) is 0 Å². The summed E-state index contributed by atoms with van der Waals surface area (Å²) in [7, 11) is 0. The predicted octanol–water partition coefficient (Wildman–Crippen LogP) is 4.40. The van der Waals surface area contributed by atoms with Gasteiger partial charge in [-0.15, -0.1) is 0 Å². The normalized spacial score (nSPS) is 14.0. The number of ether oxygens (including phenoxy) is 1. The molecule has 0 spiro atoms. The van der Waals surface area contributed by atoms with Crippen LogP contribution in [0, 0.1) is 24.4 Å². The van der Waals surface area contributed by atoms with Crippen molar-refractivity contribution in [2.75, 3.05) is 0 Å². The molecule has 0 atom stereocenters. The molecule has 0 amide bonds. The first-order valence-electron chi connectivity index (χ1n) is 9.48.